The number of nitrogens with one attached hydrogen (secondary N) is 1. The van der Waals surface area contributed by atoms with Crippen LogP contribution in [-0.4, -0.2) is 41.1 Å². The maximum Gasteiger partial charge on any atom is 0.325 e. The van der Waals surface area contributed by atoms with E-state index >= 15 is 0 Å². The average molecular weight is 298 g/mol. The Balaban J connectivity index is 2.07. The topological polar surface area (TPSA) is 75.7 Å². The number of benzene rings is 1. The largest absolute Gasteiger partial charge is 0.468 e. The molecule has 0 amide bonds. The number of hydrogen-bond acceptors (Lipinski definition) is 5. The molecule has 1 fully saturated rings. The molecule has 0 aromatic heterocycles. The zero-order chi connectivity index (χ0) is 14.8. The Bertz CT molecular complexity index is 579. The molecule has 0 saturated heterocycles. The van der Waals surface area contributed by atoms with Crippen LogP contribution in [0.25, 0.3) is 0 Å². The summed E-state index contributed by atoms with van der Waals surface area (Å²) in [6.07, 6.45) is 1.80. The molecule has 0 atom stereocenters. The molecule has 1 aliphatic rings. The van der Waals surface area contributed by atoms with Gasteiger partial charge in [0.15, 0.2) is 0 Å². The van der Waals surface area contributed by atoms with Gasteiger partial charge < -0.3 is 9.64 Å². The third kappa shape index (κ3) is 3.71. The Kier molecular flexibility index (Phi) is 4.29. The Morgan fingerprint density at radius 2 is 1.95 bits per heavy atom. The first-order valence-electron chi connectivity index (χ1n) is 6.33. The minimum Gasteiger partial charge on any atom is -0.468 e. The predicted octanol–water partition coefficient (Wildman–Crippen LogP) is 0.736. The van der Waals surface area contributed by atoms with E-state index in [-0.39, 0.29) is 23.5 Å². The van der Waals surface area contributed by atoms with Gasteiger partial charge in [-0.3, -0.25) is 4.79 Å². The number of methoxy groups -OCH3 is 1. The van der Waals surface area contributed by atoms with Crippen molar-refractivity contribution in [2.45, 2.75) is 23.8 Å². The van der Waals surface area contributed by atoms with Crippen molar-refractivity contribution < 1.29 is 17.9 Å². The van der Waals surface area contributed by atoms with E-state index in [1.54, 1.807) is 24.1 Å². The van der Waals surface area contributed by atoms with E-state index in [4.69, 9.17) is 0 Å². The fourth-order valence-electron chi connectivity index (χ4n) is 1.72. The molecule has 1 aliphatic carbocycles. The summed E-state index contributed by atoms with van der Waals surface area (Å²) in [4.78, 5) is 13.1. The van der Waals surface area contributed by atoms with Gasteiger partial charge in [0.2, 0.25) is 10.0 Å². The molecule has 0 radical (unpaired) electrons. The molecule has 110 valence electrons. The van der Waals surface area contributed by atoms with E-state index in [1.807, 2.05) is 0 Å². The fourth-order valence-corrected chi connectivity index (χ4v) is 3.02. The van der Waals surface area contributed by atoms with Crippen LogP contribution in [-0.2, 0) is 19.6 Å². The Labute approximate surface area is 118 Å². The second-order valence-corrected chi connectivity index (χ2v) is 6.54. The van der Waals surface area contributed by atoms with Gasteiger partial charge in [0, 0.05) is 18.8 Å². The minimum atomic E-state index is -3.43. The average Bonchev–Trinajstić information content (AvgIpc) is 3.22. The summed E-state index contributed by atoms with van der Waals surface area (Å²) >= 11 is 0. The highest BCUT2D eigenvalue weighted by Crippen LogP contribution is 2.23. The third-order valence-electron chi connectivity index (χ3n) is 3.08. The third-order valence-corrected chi connectivity index (χ3v) is 4.62. The summed E-state index contributed by atoms with van der Waals surface area (Å²) in [6.45, 7) is 0.114. The zero-order valence-electron chi connectivity index (χ0n) is 11.5. The van der Waals surface area contributed by atoms with E-state index in [2.05, 4.69) is 9.46 Å². The number of nitrogens with zero attached hydrogens (tertiary/aromatic N) is 1. The summed E-state index contributed by atoms with van der Waals surface area (Å²) < 4.78 is 31.2. The SMILES string of the molecule is COC(=O)CN(C)c1ccc(S(=O)(=O)NC2CC2)cc1. The standard InChI is InChI=1S/C13H18N2O4S/c1-15(9-13(16)19-2)11-5-7-12(8-6-11)20(17,18)14-10-3-4-10/h5-8,10,14H,3-4,9H2,1-2H3. The van der Waals surface area contributed by atoms with Gasteiger partial charge in [-0.1, -0.05) is 0 Å². The van der Waals surface area contributed by atoms with Gasteiger partial charge in [0.25, 0.3) is 0 Å². The second-order valence-electron chi connectivity index (χ2n) is 4.82. The quantitative estimate of drug-likeness (QED) is 0.784. The molecule has 1 aromatic carbocycles. The minimum absolute atomic E-state index is 0.0849. The molecule has 2 rings (SSSR count). The van der Waals surface area contributed by atoms with Crippen LogP contribution in [0, 0.1) is 0 Å². The zero-order valence-corrected chi connectivity index (χ0v) is 12.3. The normalized spacial score (nSPS) is 14.9. The van der Waals surface area contributed by atoms with Gasteiger partial charge in [-0.05, 0) is 37.1 Å². The van der Waals surface area contributed by atoms with Crippen molar-refractivity contribution in [1.82, 2.24) is 4.72 Å². The lowest BCUT2D eigenvalue weighted by Crippen LogP contribution is -2.27. The Hall–Kier alpha value is -1.60. The van der Waals surface area contributed by atoms with Crippen molar-refractivity contribution >= 4 is 21.7 Å². The number of anilines is 1. The second kappa shape index (κ2) is 5.80. The maximum absolute atomic E-state index is 12.0. The van der Waals surface area contributed by atoms with Crippen molar-refractivity contribution in [2.24, 2.45) is 0 Å². The van der Waals surface area contributed by atoms with Crippen molar-refractivity contribution in [1.29, 1.82) is 0 Å². The molecular formula is C13H18N2O4S. The van der Waals surface area contributed by atoms with Crippen LogP contribution < -0.4 is 9.62 Å². The van der Waals surface area contributed by atoms with Crippen LogP contribution in [0.4, 0.5) is 5.69 Å². The van der Waals surface area contributed by atoms with Gasteiger partial charge in [0.1, 0.15) is 6.54 Å². The lowest BCUT2D eigenvalue weighted by Gasteiger charge is -2.18. The van der Waals surface area contributed by atoms with Crippen molar-refractivity contribution in [3.8, 4) is 0 Å². The van der Waals surface area contributed by atoms with E-state index in [0.717, 1.165) is 18.5 Å². The van der Waals surface area contributed by atoms with E-state index in [1.165, 1.54) is 19.2 Å². The molecule has 1 saturated carbocycles. The molecule has 1 aromatic rings. The number of esters is 1. The molecule has 0 aliphatic heterocycles. The smallest absolute Gasteiger partial charge is 0.325 e. The van der Waals surface area contributed by atoms with E-state index in [9.17, 15) is 13.2 Å². The van der Waals surface area contributed by atoms with Gasteiger partial charge in [0.05, 0.1) is 12.0 Å². The molecule has 1 N–H and O–H groups in total. The molecule has 7 heteroatoms. The first kappa shape index (κ1) is 14.8. The Morgan fingerprint density at radius 3 is 2.45 bits per heavy atom. The highest BCUT2D eigenvalue weighted by molar-refractivity contribution is 7.89. The number of likely N-dealkylation sites (N-methyl/N-ethyl adjacent to an activating group) is 1. The highest BCUT2D eigenvalue weighted by Gasteiger charge is 2.27. The molecule has 0 heterocycles. The Morgan fingerprint density at radius 1 is 1.35 bits per heavy atom. The number of rotatable bonds is 6. The lowest BCUT2D eigenvalue weighted by molar-refractivity contribution is -0.138. The first-order chi connectivity index (χ1) is 9.42. The van der Waals surface area contributed by atoms with Crippen molar-refractivity contribution in [3.63, 3.8) is 0 Å². The van der Waals surface area contributed by atoms with E-state index < -0.39 is 10.0 Å². The summed E-state index contributed by atoms with van der Waals surface area (Å²) in [5.41, 5.74) is 0.751. The number of ether oxygens (including phenoxy) is 1. The van der Waals surface area contributed by atoms with Crippen LogP contribution in [0.15, 0.2) is 29.2 Å². The predicted molar refractivity (Wildman–Crippen MR) is 75.1 cm³/mol. The summed E-state index contributed by atoms with van der Waals surface area (Å²) in [7, 11) is -0.360. The maximum atomic E-state index is 12.0. The fraction of sp³-hybridized carbons (Fsp3) is 0.462. The van der Waals surface area contributed by atoms with Crippen molar-refractivity contribution in [2.75, 3.05) is 25.6 Å². The van der Waals surface area contributed by atoms with Crippen LogP contribution in [0.1, 0.15) is 12.8 Å². The number of hydrogen-bond donors (Lipinski definition) is 1. The number of sulfonamides is 1. The molecule has 20 heavy (non-hydrogen) atoms. The van der Waals surface area contributed by atoms with Crippen LogP contribution in [0.2, 0.25) is 0 Å². The number of carbonyl (C=O) groups is 1. The van der Waals surface area contributed by atoms with Crippen LogP contribution >= 0.6 is 0 Å². The summed E-state index contributed by atoms with van der Waals surface area (Å²) in [5.74, 6) is -0.348. The van der Waals surface area contributed by atoms with Gasteiger partial charge >= 0.3 is 5.97 Å². The summed E-state index contributed by atoms with van der Waals surface area (Å²) in [5, 5.41) is 0. The molecule has 0 unspecified atom stereocenters. The van der Waals surface area contributed by atoms with Gasteiger partial charge in [-0.25, -0.2) is 13.1 Å². The lowest BCUT2D eigenvalue weighted by atomic mass is 10.3. The molecule has 0 spiro atoms. The summed E-state index contributed by atoms with van der Waals surface area (Å²) in [6, 6.07) is 6.50. The highest BCUT2D eigenvalue weighted by atomic mass is 32.2. The van der Waals surface area contributed by atoms with Gasteiger partial charge in [-0.15, -0.1) is 0 Å². The van der Waals surface area contributed by atoms with Crippen LogP contribution in [0.5, 0.6) is 0 Å². The molecule has 6 nitrogen and oxygen atoms in total. The van der Waals surface area contributed by atoms with E-state index in [0.29, 0.717) is 0 Å². The molecular weight excluding hydrogens is 280 g/mol. The number of carbonyl (C=O) groups excluding carboxylic acids is 1. The van der Waals surface area contributed by atoms with Gasteiger partial charge in [-0.2, -0.15) is 0 Å². The van der Waals surface area contributed by atoms with Crippen LogP contribution in [0.3, 0.4) is 0 Å². The first-order valence-corrected chi connectivity index (χ1v) is 7.81. The molecule has 0 bridgehead atoms. The van der Waals surface area contributed by atoms with Crippen molar-refractivity contribution in [3.05, 3.63) is 24.3 Å². The monoisotopic (exact) mass is 298 g/mol.